The van der Waals surface area contributed by atoms with Crippen LogP contribution in [0, 0.1) is 5.41 Å². The molecule has 18 heavy (non-hydrogen) atoms. The minimum absolute atomic E-state index is 0.388. The molecule has 0 aliphatic heterocycles. The number of aromatic nitrogens is 2. The minimum atomic E-state index is 0.388. The molecule has 0 radical (unpaired) electrons. The zero-order chi connectivity index (χ0) is 13.0. The second-order valence-electron chi connectivity index (χ2n) is 5.09. The molecule has 2 rings (SSSR count). The number of ether oxygens (including phenoxy) is 1. The van der Waals surface area contributed by atoms with Crippen LogP contribution in [0.5, 0.6) is 0 Å². The highest BCUT2D eigenvalue weighted by Crippen LogP contribution is 2.43. The number of nitrogens with one attached hydrogen (secondary N) is 1. The van der Waals surface area contributed by atoms with Gasteiger partial charge in [0, 0.05) is 19.7 Å². The predicted molar refractivity (Wildman–Crippen MR) is 72.2 cm³/mol. The molecule has 0 spiro atoms. The first-order valence-electron chi connectivity index (χ1n) is 6.54. The van der Waals surface area contributed by atoms with E-state index in [2.05, 4.69) is 22.2 Å². The molecule has 1 fully saturated rings. The molecule has 0 atom stereocenters. The molecule has 0 aromatic carbocycles. The van der Waals surface area contributed by atoms with Gasteiger partial charge in [0.1, 0.15) is 18.2 Å². The molecule has 0 saturated heterocycles. The Bertz CT molecular complexity index is 398. The Morgan fingerprint density at radius 3 is 2.78 bits per heavy atom. The second-order valence-corrected chi connectivity index (χ2v) is 5.09. The van der Waals surface area contributed by atoms with Crippen LogP contribution < -0.4 is 11.1 Å². The lowest BCUT2D eigenvalue weighted by molar-refractivity contribution is 0.145. The van der Waals surface area contributed by atoms with Crippen LogP contribution in [0.2, 0.25) is 0 Å². The summed E-state index contributed by atoms with van der Waals surface area (Å²) in [6, 6.07) is 1.78. The number of nitrogen functional groups attached to an aromatic ring is 1. The van der Waals surface area contributed by atoms with Crippen molar-refractivity contribution >= 4 is 11.6 Å². The Hall–Kier alpha value is -1.36. The summed E-state index contributed by atoms with van der Waals surface area (Å²) >= 11 is 0. The molecule has 1 aliphatic rings. The molecule has 5 nitrogen and oxygen atoms in total. The standard InChI is InChI=1S/C13H22N4O/c1-3-13(5-4-6-13)9-15-11-7-10(14)16-12(17-11)8-18-2/h7H,3-6,8-9H2,1-2H3,(H3,14,15,16,17). The number of rotatable bonds is 6. The summed E-state index contributed by atoms with van der Waals surface area (Å²) in [6.45, 7) is 3.61. The van der Waals surface area contributed by atoms with Gasteiger partial charge >= 0.3 is 0 Å². The van der Waals surface area contributed by atoms with Gasteiger partial charge in [0.25, 0.3) is 0 Å². The molecule has 1 saturated carbocycles. The third kappa shape index (κ3) is 2.90. The number of nitrogens with two attached hydrogens (primary N) is 1. The molecular formula is C13H22N4O. The molecule has 1 aromatic heterocycles. The minimum Gasteiger partial charge on any atom is -0.384 e. The summed E-state index contributed by atoms with van der Waals surface area (Å²) in [5.41, 5.74) is 6.22. The van der Waals surface area contributed by atoms with Gasteiger partial charge in [0.2, 0.25) is 0 Å². The number of methoxy groups -OCH3 is 1. The Morgan fingerprint density at radius 1 is 1.44 bits per heavy atom. The average Bonchev–Trinajstić information content (AvgIpc) is 2.28. The zero-order valence-electron chi connectivity index (χ0n) is 11.2. The first kappa shape index (κ1) is 13.1. The topological polar surface area (TPSA) is 73.1 Å². The molecular weight excluding hydrogens is 228 g/mol. The normalized spacial score (nSPS) is 17.2. The van der Waals surface area contributed by atoms with E-state index < -0.39 is 0 Å². The van der Waals surface area contributed by atoms with Crippen molar-refractivity contribution in [1.82, 2.24) is 9.97 Å². The molecule has 0 unspecified atom stereocenters. The van der Waals surface area contributed by atoms with E-state index in [9.17, 15) is 0 Å². The highest BCUT2D eigenvalue weighted by atomic mass is 16.5. The fourth-order valence-electron chi connectivity index (χ4n) is 2.41. The molecule has 3 N–H and O–H groups in total. The summed E-state index contributed by atoms with van der Waals surface area (Å²) < 4.78 is 5.03. The Labute approximate surface area is 108 Å². The lowest BCUT2D eigenvalue weighted by atomic mass is 9.67. The maximum absolute atomic E-state index is 5.76. The van der Waals surface area contributed by atoms with Crippen molar-refractivity contribution in [3.05, 3.63) is 11.9 Å². The highest BCUT2D eigenvalue weighted by Gasteiger charge is 2.34. The van der Waals surface area contributed by atoms with E-state index in [-0.39, 0.29) is 0 Å². The van der Waals surface area contributed by atoms with Gasteiger partial charge in [-0.25, -0.2) is 9.97 Å². The summed E-state index contributed by atoms with van der Waals surface area (Å²) in [6.07, 6.45) is 5.17. The predicted octanol–water partition coefficient (Wildman–Crippen LogP) is 2.20. The lowest BCUT2D eigenvalue weighted by Crippen LogP contribution is -2.36. The van der Waals surface area contributed by atoms with E-state index in [4.69, 9.17) is 10.5 Å². The SMILES string of the molecule is CCC1(CNc2cc(N)nc(COC)n2)CCC1. The van der Waals surface area contributed by atoms with Crippen molar-refractivity contribution in [2.24, 2.45) is 5.41 Å². The number of hydrogen-bond acceptors (Lipinski definition) is 5. The van der Waals surface area contributed by atoms with Crippen LogP contribution >= 0.6 is 0 Å². The van der Waals surface area contributed by atoms with Crippen LogP contribution in [0.3, 0.4) is 0 Å². The number of anilines is 2. The van der Waals surface area contributed by atoms with Gasteiger partial charge in [-0.15, -0.1) is 0 Å². The Balaban J connectivity index is 2.00. The van der Waals surface area contributed by atoms with E-state index in [1.165, 1.54) is 25.7 Å². The molecule has 1 aromatic rings. The van der Waals surface area contributed by atoms with Crippen LogP contribution in [-0.2, 0) is 11.3 Å². The zero-order valence-corrected chi connectivity index (χ0v) is 11.2. The van der Waals surface area contributed by atoms with Crippen molar-refractivity contribution in [2.45, 2.75) is 39.2 Å². The van der Waals surface area contributed by atoms with Crippen molar-refractivity contribution in [3.8, 4) is 0 Å². The van der Waals surface area contributed by atoms with Gasteiger partial charge in [0.05, 0.1) is 0 Å². The summed E-state index contributed by atoms with van der Waals surface area (Å²) in [5, 5.41) is 3.39. The largest absolute Gasteiger partial charge is 0.384 e. The maximum Gasteiger partial charge on any atom is 0.158 e. The first-order valence-corrected chi connectivity index (χ1v) is 6.54. The summed E-state index contributed by atoms with van der Waals surface area (Å²) in [5.74, 6) is 1.91. The van der Waals surface area contributed by atoms with Crippen molar-refractivity contribution in [2.75, 3.05) is 24.7 Å². The summed E-state index contributed by atoms with van der Waals surface area (Å²) in [7, 11) is 1.63. The van der Waals surface area contributed by atoms with E-state index in [0.717, 1.165) is 12.4 Å². The van der Waals surface area contributed by atoms with Gasteiger partial charge < -0.3 is 15.8 Å². The Kier molecular flexibility index (Phi) is 4.01. The Morgan fingerprint density at radius 2 is 2.22 bits per heavy atom. The average molecular weight is 250 g/mol. The van der Waals surface area contributed by atoms with Gasteiger partial charge in [-0.3, -0.25) is 0 Å². The van der Waals surface area contributed by atoms with Crippen LogP contribution in [-0.4, -0.2) is 23.6 Å². The fraction of sp³-hybridized carbons (Fsp3) is 0.692. The van der Waals surface area contributed by atoms with Gasteiger partial charge in [-0.1, -0.05) is 13.3 Å². The molecule has 0 amide bonds. The van der Waals surface area contributed by atoms with E-state index in [1.54, 1.807) is 13.2 Å². The quantitative estimate of drug-likeness (QED) is 0.809. The van der Waals surface area contributed by atoms with Crippen LogP contribution in [0.4, 0.5) is 11.6 Å². The highest BCUT2D eigenvalue weighted by molar-refractivity contribution is 5.44. The third-order valence-electron chi connectivity index (χ3n) is 3.87. The number of hydrogen-bond donors (Lipinski definition) is 2. The fourth-order valence-corrected chi connectivity index (χ4v) is 2.41. The van der Waals surface area contributed by atoms with Crippen molar-refractivity contribution in [3.63, 3.8) is 0 Å². The molecule has 0 bridgehead atoms. The maximum atomic E-state index is 5.76. The smallest absolute Gasteiger partial charge is 0.158 e. The lowest BCUT2D eigenvalue weighted by Gasteiger charge is -2.41. The van der Waals surface area contributed by atoms with E-state index in [1.807, 2.05) is 0 Å². The first-order chi connectivity index (χ1) is 8.67. The van der Waals surface area contributed by atoms with Gasteiger partial charge in [0.15, 0.2) is 5.82 Å². The van der Waals surface area contributed by atoms with E-state index >= 15 is 0 Å². The van der Waals surface area contributed by atoms with Gasteiger partial charge in [-0.05, 0) is 24.7 Å². The van der Waals surface area contributed by atoms with Crippen molar-refractivity contribution in [1.29, 1.82) is 0 Å². The van der Waals surface area contributed by atoms with Crippen LogP contribution in [0.15, 0.2) is 6.07 Å². The molecule has 1 aliphatic carbocycles. The van der Waals surface area contributed by atoms with E-state index in [0.29, 0.717) is 23.7 Å². The van der Waals surface area contributed by atoms with Crippen LogP contribution in [0.25, 0.3) is 0 Å². The molecule has 5 heteroatoms. The second kappa shape index (κ2) is 5.52. The number of nitrogens with zero attached hydrogens (tertiary/aromatic N) is 2. The molecule has 1 heterocycles. The monoisotopic (exact) mass is 250 g/mol. The summed E-state index contributed by atoms with van der Waals surface area (Å²) in [4.78, 5) is 8.52. The third-order valence-corrected chi connectivity index (χ3v) is 3.87. The van der Waals surface area contributed by atoms with Crippen LogP contribution in [0.1, 0.15) is 38.4 Å². The molecule has 100 valence electrons. The van der Waals surface area contributed by atoms with Gasteiger partial charge in [-0.2, -0.15) is 0 Å². The van der Waals surface area contributed by atoms with Crippen molar-refractivity contribution < 1.29 is 4.74 Å².